The molecule has 6 heteroatoms. The molecule has 0 aromatic heterocycles. The van der Waals surface area contributed by atoms with Crippen LogP contribution < -0.4 is 9.62 Å². The van der Waals surface area contributed by atoms with Gasteiger partial charge >= 0.3 is 0 Å². The highest BCUT2D eigenvalue weighted by Gasteiger charge is 2.15. The van der Waals surface area contributed by atoms with E-state index in [0.29, 0.717) is 5.69 Å². The molecular weight excluding hydrogens is 288 g/mol. The predicted octanol–water partition coefficient (Wildman–Crippen LogP) is 2.57. The van der Waals surface area contributed by atoms with Crippen LogP contribution in [0.5, 0.6) is 5.75 Å². The molecule has 0 unspecified atom stereocenters. The first-order chi connectivity index (χ1) is 9.79. The van der Waals surface area contributed by atoms with Gasteiger partial charge in [-0.05, 0) is 36.8 Å². The Morgan fingerprint density at radius 1 is 1.10 bits per heavy atom. The second kappa shape index (κ2) is 5.65. The van der Waals surface area contributed by atoms with E-state index in [1.54, 1.807) is 12.1 Å². The second-order valence-electron chi connectivity index (χ2n) is 5.00. The lowest BCUT2D eigenvalue weighted by atomic mass is 10.2. The van der Waals surface area contributed by atoms with Crippen LogP contribution in [0.15, 0.2) is 47.4 Å². The molecule has 0 amide bonds. The number of phenolic OH excluding ortho intramolecular Hbond substituents is 1. The van der Waals surface area contributed by atoms with Crippen molar-refractivity contribution in [3.05, 3.63) is 48.0 Å². The van der Waals surface area contributed by atoms with Crippen molar-refractivity contribution in [3.8, 4) is 5.75 Å². The summed E-state index contributed by atoms with van der Waals surface area (Å²) in [5, 5.41) is 9.40. The predicted molar refractivity (Wildman–Crippen MR) is 84.4 cm³/mol. The molecule has 112 valence electrons. The van der Waals surface area contributed by atoms with Crippen molar-refractivity contribution in [2.45, 2.75) is 11.8 Å². The van der Waals surface area contributed by atoms with Gasteiger partial charge in [0.2, 0.25) is 0 Å². The van der Waals surface area contributed by atoms with Crippen LogP contribution in [0.4, 0.5) is 11.4 Å². The Labute approximate surface area is 124 Å². The summed E-state index contributed by atoms with van der Waals surface area (Å²) in [7, 11) is 0.0777. The van der Waals surface area contributed by atoms with Gasteiger partial charge in [0.25, 0.3) is 10.0 Å². The Hall–Kier alpha value is -2.21. The van der Waals surface area contributed by atoms with Crippen LogP contribution in [0.25, 0.3) is 0 Å². The molecule has 0 heterocycles. The van der Waals surface area contributed by atoms with Crippen LogP contribution in [0.2, 0.25) is 0 Å². The van der Waals surface area contributed by atoms with E-state index >= 15 is 0 Å². The Morgan fingerprint density at radius 2 is 1.81 bits per heavy atom. The smallest absolute Gasteiger partial charge is 0.262 e. The molecule has 0 spiro atoms. The maximum absolute atomic E-state index is 12.3. The largest absolute Gasteiger partial charge is 0.508 e. The summed E-state index contributed by atoms with van der Waals surface area (Å²) in [6.07, 6.45) is 0. The minimum absolute atomic E-state index is 0.0227. The van der Waals surface area contributed by atoms with E-state index in [2.05, 4.69) is 4.72 Å². The SMILES string of the molecule is Cc1ccc(NS(=O)(=O)c2cccc(O)c2)cc1N(C)C. The van der Waals surface area contributed by atoms with E-state index < -0.39 is 10.0 Å². The zero-order valence-electron chi connectivity index (χ0n) is 12.2. The summed E-state index contributed by atoms with van der Waals surface area (Å²) >= 11 is 0. The zero-order valence-corrected chi connectivity index (χ0v) is 13.0. The van der Waals surface area contributed by atoms with Gasteiger partial charge in [0.1, 0.15) is 5.75 Å². The Kier molecular flexibility index (Phi) is 4.09. The monoisotopic (exact) mass is 306 g/mol. The molecule has 2 rings (SSSR count). The van der Waals surface area contributed by atoms with E-state index in [0.717, 1.165) is 11.3 Å². The molecule has 0 saturated carbocycles. The number of rotatable bonds is 4. The molecule has 21 heavy (non-hydrogen) atoms. The molecule has 0 atom stereocenters. The van der Waals surface area contributed by atoms with E-state index in [9.17, 15) is 13.5 Å². The maximum atomic E-state index is 12.3. The lowest BCUT2D eigenvalue weighted by Gasteiger charge is -2.17. The van der Waals surface area contributed by atoms with Gasteiger partial charge in [-0.15, -0.1) is 0 Å². The highest BCUT2D eigenvalue weighted by atomic mass is 32.2. The number of sulfonamides is 1. The molecule has 5 nitrogen and oxygen atoms in total. The molecule has 0 bridgehead atoms. The maximum Gasteiger partial charge on any atom is 0.262 e. The fraction of sp³-hybridized carbons (Fsp3) is 0.200. The molecule has 0 aliphatic rings. The quantitative estimate of drug-likeness (QED) is 0.911. The van der Waals surface area contributed by atoms with Crippen LogP contribution >= 0.6 is 0 Å². The van der Waals surface area contributed by atoms with Crippen molar-refractivity contribution in [1.29, 1.82) is 0 Å². The van der Waals surface area contributed by atoms with Crippen LogP contribution in [-0.2, 0) is 10.0 Å². The highest BCUT2D eigenvalue weighted by Crippen LogP contribution is 2.25. The normalized spacial score (nSPS) is 11.2. The van der Waals surface area contributed by atoms with Gasteiger partial charge in [-0.1, -0.05) is 12.1 Å². The van der Waals surface area contributed by atoms with Crippen molar-refractivity contribution < 1.29 is 13.5 Å². The van der Waals surface area contributed by atoms with Crippen LogP contribution in [0.3, 0.4) is 0 Å². The van der Waals surface area contributed by atoms with Crippen molar-refractivity contribution in [3.63, 3.8) is 0 Å². The Morgan fingerprint density at radius 3 is 2.43 bits per heavy atom. The molecule has 0 aliphatic carbocycles. The van der Waals surface area contributed by atoms with Crippen molar-refractivity contribution >= 4 is 21.4 Å². The first-order valence-corrected chi connectivity index (χ1v) is 7.88. The summed E-state index contributed by atoms with van der Waals surface area (Å²) in [6, 6.07) is 10.9. The van der Waals surface area contributed by atoms with Crippen LogP contribution in [-0.4, -0.2) is 27.6 Å². The minimum Gasteiger partial charge on any atom is -0.508 e. The lowest BCUT2D eigenvalue weighted by molar-refractivity contribution is 0.473. The first kappa shape index (κ1) is 15.2. The van der Waals surface area contributed by atoms with Crippen LogP contribution in [0, 0.1) is 6.92 Å². The summed E-state index contributed by atoms with van der Waals surface area (Å²) in [5.74, 6) is -0.0873. The molecule has 0 fully saturated rings. The molecule has 2 N–H and O–H groups in total. The number of aromatic hydroxyl groups is 1. The van der Waals surface area contributed by atoms with Gasteiger partial charge in [0, 0.05) is 25.8 Å². The van der Waals surface area contributed by atoms with Gasteiger partial charge in [0.05, 0.1) is 10.6 Å². The average Bonchev–Trinajstić information content (AvgIpc) is 2.40. The summed E-state index contributed by atoms with van der Waals surface area (Å²) in [6.45, 7) is 1.96. The van der Waals surface area contributed by atoms with Gasteiger partial charge in [-0.3, -0.25) is 4.72 Å². The van der Waals surface area contributed by atoms with E-state index in [1.165, 1.54) is 24.3 Å². The number of nitrogens with zero attached hydrogens (tertiary/aromatic N) is 1. The number of hydrogen-bond acceptors (Lipinski definition) is 4. The molecule has 0 aliphatic heterocycles. The summed E-state index contributed by atoms with van der Waals surface area (Å²) in [4.78, 5) is 1.94. The molecule has 0 saturated heterocycles. The van der Waals surface area contributed by atoms with Gasteiger partial charge in [0.15, 0.2) is 0 Å². The standard InChI is InChI=1S/C15H18N2O3S/c1-11-7-8-12(9-15(11)17(2)3)16-21(19,20)14-6-4-5-13(18)10-14/h4-10,16,18H,1-3H3. The minimum atomic E-state index is -3.72. The Bertz CT molecular complexity index is 755. The first-order valence-electron chi connectivity index (χ1n) is 6.39. The van der Waals surface area contributed by atoms with Crippen molar-refractivity contribution in [2.24, 2.45) is 0 Å². The van der Waals surface area contributed by atoms with Gasteiger partial charge in [-0.25, -0.2) is 8.42 Å². The Balaban J connectivity index is 2.35. The van der Waals surface area contributed by atoms with Crippen molar-refractivity contribution in [2.75, 3.05) is 23.7 Å². The molecule has 0 radical (unpaired) electrons. The second-order valence-corrected chi connectivity index (χ2v) is 6.68. The molecular formula is C15H18N2O3S. The van der Waals surface area contributed by atoms with Gasteiger partial charge < -0.3 is 10.0 Å². The lowest BCUT2D eigenvalue weighted by Crippen LogP contribution is -2.14. The topological polar surface area (TPSA) is 69.6 Å². The number of nitrogens with one attached hydrogen (secondary N) is 1. The van der Waals surface area contributed by atoms with Gasteiger partial charge in [-0.2, -0.15) is 0 Å². The fourth-order valence-corrected chi connectivity index (χ4v) is 3.11. The number of benzene rings is 2. The van der Waals surface area contributed by atoms with E-state index in [-0.39, 0.29) is 10.6 Å². The highest BCUT2D eigenvalue weighted by molar-refractivity contribution is 7.92. The third-order valence-electron chi connectivity index (χ3n) is 3.07. The van der Waals surface area contributed by atoms with Crippen LogP contribution in [0.1, 0.15) is 5.56 Å². The number of phenols is 1. The van der Waals surface area contributed by atoms with E-state index in [4.69, 9.17) is 0 Å². The number of hydrogen-bond donors (Lipinski definition) is 2. The molecule has 2 aromatic rings. The number of aryl methyl sites for hydroxylation is 1. The zero-order chi connectivity index (χ0) is 15.6. The fourth-order valence-electron chi connectivity index (χ4n) is 2.02. The summed E-state index contributed by atoms with van der Waals surface area (Å²) < 4.78 is 27.1. The molecule has 2 aromatic carbocycles. The van der Waals surface area contributed by atoms with Crippen molar-refractivity contribution in [1.82, 2.24) is 0 Å². The van der Waals surface area contributed by atoms with E-state index in [1.807, 2.05) is 32.0 Å². The third-order valence-corrected chi connectivity index (χ3v) is 4.45. The average molecular weight is 306 g/mol. The summed E-state index contributed by atoms with van der Waals surface area (Å²) in [5.41, 5.74) is 2.47. The third kappa shape index (κ3) is 3.46. The number of anilines is 2.